The molecule has 0 heterocycles. The second-order valence-corrected chi connectivity index (χ2v) is 17.1. The largest absolute Gasteiger partial charge is 0.0837 e. The molecule has 176 valence electrons. The number of hydrogen-bond acceptors (Lipinski definition) is 0. The van der Waals surface area contributed by atoms with Crippen LogP contribution in [0.5, 0.6) is 0 Å². The maximum Gasteiger partial charge on any atom is 0.0723 e. The number of rotatable bonds is 4. The van der Waals surface area contributed by atoms with Gasteiger partial charge in [-0.15, -0.1) is 0 Å². The standard InChI is InChI=1S/C30H38Cl2Si/c1-15(2)21-13-11-17(5)23-25(21)27(31)19(7)29(23)33(9,10)30-20(8)28(32)26-22(16(3)4)14-12-18(6)24(26)30/h11-16,29-30H,1-10H3. The fourth-order valence-electron chi connectivity index (χ4n) is 6.78. The van der Waals surface area contributed by atoms with E-state index in [1.54, 1.807) is 0 Å². The van der Waals surface area contributed by atoms with E-state index >= 15 is 0 Å². The second-order valence-electron chi connectivity index (χ2n) is 11.5. The molecule has 3 heteroatoms. The minimum absolute atomic E-state index is 0.385. The zero-order valence-electron chi connectivity index (χ0n) is 21.9. The zero-order valence-corrected chi connectivity index (χ0v) is 24.4. The quantitative estimate of drug-likeness (QED) is 0.369. The van der Waals surface area contributed by atoms with E-state index in [-0.39, 0.29) is 0 Å². The van der Waals surface area contributed by atoms with Gasteiger partial charge in [-0.2, -0.15) is 0 Å². The van der Waals surface area contributed by atoms with Crippen molar-refractivity contribution in [1.29, 1.82) is 0 Å². The summed E-state index contributed by atoms with van der Waals surface area (Å²) in [6, 6.07) is 9.21. The molecule has 0 aromatic heterocycles. The van der Waals surface area contributed by atoms with E-state index in [4.69, 9.17) is 23.2 Å². The van der Waals surface area contributed by atoms with Gasteiger partial charge in [0.05, 0.1) is 8.07 Å². The summed E-state index contributed by atoms with van der Waals surface area (Å²) in [4.78, 5) is 0. The molecular weight excluding hydrogens is 459 g/mol. The van der Waals surface area contributed by atoms with Crippen molar-refractivity contribution < 1.29 is 0 Å². The van der Waals surface area contributed by atoms with E-state index in [0.717, 1.165) is 10.1 Å². The van der Waals surface area contributed by atoms with Crippen molar-refractivity contribution in [2.45, 2.75) is 91.4 Å². The summed E-state index contributed by atoms with van der Waals surface area (Å²) in [5, 5.41) is 1.98. The van der Waals surface area contributed by atoms with Crippen LogP contribution in [0.2, 0.25) is 13.1 Å². The van der Waals surface area contributed by atoms with Gasteiger partial charge in [-0.3, -0.25) is 0 Å². The van der Waals surface area contributed by atoms with Crippen molar-refractivity contribution in [2.75, 3.05) is 0 Å². The van der Waals surface area contributed by atoms with Crippen LogP contribution in [0.1, 0.15) is 109 Å². The lowest BCUT2D eigenvalue weighted by Gasteiger charge is -2.40. The van der Waals surface area contributed by atoms with Gasteiger partial charge in [-0.25, -0.2) is 0 Å². The Hall–Kier alpha value is -1.28. The molecule has 0 saturated heterocycles. The third-order valence-corrected chi connectivity index (χ3v) is 13.7. The molecule has 4 rings (SSSR count). The molecule has 0 amide bonds. The fourth-order valence-corrected chi connectivity index (χ4v) is 12.7. The van der Waals surface area contributed by atoms with Gasteiger partial charge in [0, 0.05) is 32.3 Å². The summed E-state index contributed by atoms with van der Waals surface area (Å²) in [6.07, 6.45) is 0. The highest BCUT2D eigenvalue weighted by atomic mass is 35.5. The van der Waals surface area contributed by atoms with Gasteiger partial charge in [0.15, 0.2) is 0 Å². The number of aryl methyl sites for hydroxylation is 2. The maximum atomic E-state index is 7.15. The minimum Gasteiger partial charge on any atom is -0.0837 e. The van der Waals surface area contributed by atoms with E-state index in [2.05, 4.69) is 92.7 Å². The molecule has 2 aromatic rings. The number of halogens is 2. The topological polar surface area (TPSA) is 0 Å². The first-order valence-electron chi connectivity index (χ1n) is 12.3. The number of allylic oxidation sites excluding steroid dienone is 2. The van der Waals surface area contributed by atoms with Crippen LogP contribution in [-0.2, 0) is 0 Å². The van der Waals surface area contributed by atoms with E-state index in [0.29, 0.717) is 22.9 Å². The molecule has 0 nitrogen and oxygen atoms in total. The predicted molar refractivity (Wildman–Crippen MR) is 150 cm³/mol. The summed E-state index contributed by atoms with van der Waals surface area (Å²) in [5.41, 5.74) is 14.6. The Labute approximate surface area is 212 Å². The number of fused-ring (bicyclic) bond motifs is 2. The molecule has 0 N–H and O–H groups in total. The van der Waals surface area contributed by atoms with Crippen molar-refractivity contribution in [3.63, 3.8) is 0 Å². The van der Waals surface area contributed by atoms with Gasteiger partial charge in [0.1, 0.15) is 0 Å². The Bertz CT molecular complexity index is 1120. The van der Waals surface area contributed by atoms with Crippen LogP contribution in [0.3, 0.4) is 0 Å². The lowest BCUT2D eigenvalue weighted by Crippen LogP contribution is -2.43. The van der Waals surface area contributed by atoms with Crippen LogP contribution in [0.4, 0.5) is 0 Å². The summed E-state index contributed by atoms with van der Waals surface area (Å²) >= 11 is 14.3. The Morgan fingerprint density at radius 3 is 1.27 bits per heavy atom. The summed E-state index contributed by atoms with van der Waals surface area (Å²) in [6.45, 7) is 23.3. The monoisotopic (exact) mass is 496 g/mol. The van der Waals surface area contributed by atoms with Crippen molar-refractivity contribution in [1.82, 2.24) is 0 Å². The summed E-state index contributed by atoms with van der Waals surface area (Å²) in [7, 11) is -2.01. The van der Waals surface area contributed by atoms with Crippen LogP contribution < -0.4 is 0 Å². The van der Waals surface area contributed by atoms with Gasteiger partial charge in [0.25, 0.3) is 0 Å². The first-order chi connectivity index (χ1) is 15.3. The van der Waals surface area contributed by atoms with Crippen LogP contribution in [-0.4, -0.2) is 8.07 Å². The Kier molecular flexibility index (Phi) is 6.34. The molecule has 0 spiro atoms. The highest BCUT2D eigenvalue weighted by Crippen LogP contribution is 2.59. The third kappa shape index (κ3) is 3.53. The van der Waals surface area contributed by atoms with Crippen LogP contribution in [0.15, 0.2) is 35.4 Å². The SMILES string of the molecule is CC1=C(Cl)c2c(C(C)C)ccc(C)c2C1[Si](C)(C)C1C(C)=C(Cl)c2c(C(C)C)ccc(C)c21. The molecule has 0 saturated carbocycles. The Balaban J connectivity index is 1.99. The lowest BCUT2D eigenvalue weighted by atomic mass is 9.92. The van der Waals surface area contributed by atoms with E-state index < -0.39 is 8.07 Å². The molecule has 2 aromatic carbocycles. The molecule has 0 aliphatic heterocycles. The third-order valence-electron chi connectivity index (χ3n) is 8.30. The second kappa shape index (κ2) is 8.43. The predicted octanol–water partition coefficient (Wildman–Crippen LogP) is 10.2. The molecule has 0 radical (unpaired) electrons. The first kappa shape index (κ1) is 24.8. The van der Waals surface area contributed by atoms with Gasteiger partial charge < -0.3 is 0 Å². The van der Waals surface area contributed by atoms with E-state index in [1.165, 1.54) is 55.7 Å². The van der Waals surface area contributed by atoms with Crippen LogP contribution in [0, 0.1) is 13.8 Å². The summed E-state index contributed by atoms with van der Waals surface area (Å²) < 4.78 is 0. The van der Waals surface area contributed by atoms with Crippen LogP contribution in [0.25, 0.3) is 10.1 Å². The lowest BCUT2D eigenvalue weighted by molar-refractivity contribution is 0.855. The first-order valence-corrected chi connectivity index (χ1v) is 16.2. The maximum absolute atomic E-state index is 7.15. The average molecular weight is 498 g/mol. The van der Waals surface area contributed by atoms with Crippen LogP contribution >= 0.6 is 23.2 Å². The van der Waals surface area contributed by atoms with Crippen molar-refractivity contribution in [2.24, 2.45) is 0 Å². The van der Waals surface area contributed by atoms with E-state index in [9.17, 15) is 0 Å². The Morgan fingerprint density at radius 1 is 0.636 bits per heavy atom. The molecule has 2 unspecified atom stereocenters. The number of hydrogen-bond donors (Lipinski definition) is 0. The molecule has 0 bridgehead atoms. The summed E-state index contributed by atoms with van der Waals surface area (Å²) in [5.74, 6) is 0.895. The molecule has 33 heavy (non-hydrogen) atoms. The highest BCUT2D eigenvalue weighted by molar-refractivity contribution is 6.82. The van der Waals surface area contributed by atoms with Gasteiger partial charge in [-0.1, -0.05) is 88.3 Å². The molecule has 0 fully saturated rings. The molecule has 2 aliphatic carbocycles. The van der Waals surface area contributed by atoms with Crippen molar-refractivity contribution in [3.05, 3.63) is 79.9 Å². The van der Waals surface area contributed by atoms with Crippen molar-refractivity contribution >= 4 is 41.3 Å². The normalized spacial score (nSPS) is 20.4. The molecular formula is C30H38Cl2Si. The van der Waals surface area contributed by atoms with Gasteiger partial charge >= 0.3 is 0 Å². The van der Waals surface area contributed by atoms with Gasteiger partial charge in [-0.05, 0) is 84.1 Å². The molecule has 2 atom stereocenters. The molecule has 2 aliphatic rings. The van der Waals surface area contributed by atoms with Crippen molar-refractivity contribution in [3.8, 4) is 0 Å². The smallest absolute Gasteiger partial charge is 0.0723 e. The minimum atomic E-state index is -2.01. The highest BCUT2D eigenvalue weighted by Gasteiger charge is 2.50. The fraction of sp³-hybridized carbons (Fsp3) is 0.467. The average Bonchev–Trinajstić information content (AvgIpc) is 3.16. The number of benzene rings is 2. The Morgan fingerprint density at radius 2 is 0.970 bits per heavy atom. The zero-order chi connectivity index (χ0) is 24.6. The van der Waals surface area contributed by atoms with Gasteiger partial charge in [0.2, 0.25) is 0 Å². The van der Waals surface area contributed by atoms with E-state index in [1.807, 2.05) is 0 Å².